The Bertz CT molecular complexity index is 1430. The quantitative estimate of drug-likeness (QED) is 0.356. The Kier molecular flexibility index (Phi) is 5.47. The van der Waals surface area contributed by atoms with Crippen LogP contribution in [0.15, 0.2) is 43.1 Å². The highest BCUT2D eigenvalue weighted by Crippen LogP contribution is 2.36. The van der Waals surface area contributed by atoms with E-state index in [1.807, 2.05) is 48.0 Å². The van der Waals surface area contributed by atoms with Gasteiger partial charge in [-0.05, 0) is 17.7 Å². The number of fused-ring (bicyclic) bond motifs is 2. The number of H-pyrrole nitrogens is 1. The maximum atomic E-state index is 5.43. The summed E-state index contributed by atoms with van der Waals surface area (Å²) in [5, 5.41) is 4.64. The fourth-order valence-electron chi connectivity index (χ4n) is 4.20. The third-order valence-corrected chi connectivity index (χ3v) is 6.01. The molecule has 0 aliphatic carbocycles. The molecular weight excluding hydrogens is 418 g/mol. The molecule has 2 N–H and O–H groups in total. The lowest BCUT2D eigenvalue weighted by Gasteiger charge is -2.07. The van der Waals surface area contributed by atoms with Gasteiger partial charge >= 0.3 is 0 Å². The Balaban J connectivity index is 1.44. The van der Waals surface area contributed by atoms with E-state index in [1.54, 1.807) is 14.2 Å². The number of rotatable bonds is 8. The van der Waals surface area contributed by atoms with Crippen LogP contribution in [0.1, 0.15) is 11.3 Å². The number of aromatic amines is 1. The number of aryl methyl sites for hydroxylation is 2. The highest BCUT2D eigenvalue weighted by molar-refractivity contribution is 5.96. The van der Waals surface area contributed by atoms with Crippen LogP contribution in [0.4, 0.5) is 0 Å². The number of pyridine rings is 2. The smallest absolute Gasteiger partial charge is 0.257 e. The van der Waals surface area contributed by atoms with Crippen molar-refractivity contribution in [3.8, 4) is 22.9 Å². The number of nitrogens with one attached hydrogen (secondary N) is 2. The zero-order valence-electron chi connectivity index (χ0n) is 19.2. The summed E-state index contributed by atoms with van der Waals surface area (Å²) in [7, 11) is 7.23. The summed E-state index contributed by atoms with van der Waals surface area (Å²) in [6.45, 7) is 1.63. The van der Waals surface area contributed by atoms with Crippen molar-refractivity contribution >= 4 is 22.1 Å². The molecule has 0 atom stereocenters. The van der Waals surface area contributed by atoms with E-state index in [9.17, 15) is 0 Å². The summed E-state index contributed by atoms with van der Waals surface area (Å²) >= 11 is 0. The van der Waals surface area contributed by atoms with Crippen LogP contribution in [0, 0.1) is 0 Å². The lowest BCUT2D eigenvalue weighted by molar-refractivity contribution is 0.344. The molecule has 0 aliphatic rings. The van der Waals surface area contributed by atoms with Gasteiger partial charge in [-0.3, -0.25) is 0 Å². The Labute approximate surface area is 191 Å². The van der Waals surface area contributed by atoms with E-state index in [4.69, 9.17) is 14.5 Å². The molecule has 9 nitrogen and oxygen atoms in total. The van der Waals surface area contributed by atoms with Crippen molar-refractivity contribution in [3.05, 3.63) is 54.4 Å². The van der Waals surface area contributed by atoms with Crippen molar-refractivity contribution in [2.75, 3.05) is 20.8 Å². The molecule has 0 amide bonds. The Morgan fingerprint density at radius 3 is 2.76 bits per heavy atom. The highest BCUT2D eigenvalue weighted by Gasteiger charge is 2.17. The Morgan fingerprint density at radius 1 is 1.12 bits per heavy atom. The average molecular weight is 446 g/mol. The second-order valence-corrected chi connectivity index (χ2v) is 8.06. The van der Waals surface area contributed by atoms with Crippen molar-refractivity contribution in [1.82, 2.24) is 34.4 Å². The molecule has 5 aromatic heterocycles. The molecule has 5 heterocycles. The molecule has 0 radical (unpaired) electrons. The molecule has 0 bridgehead atoms. The van der Waals surface area contributed by atoms with Crippen molar-refractivity contribution in [3.63, 3.8) is 0 Å². The second kappa shape index (κ2) is 8.59. The zero-order chi connectivity index (χ0) is 22.9. The van der Waals surface area contributed by atoms with Crippen LogP contribution < -0.4 is 14.8 Å². The van der Waals surface area contributed by atoms with Crippen molar-refractivity contribution in [2.45, 2.75) is 13.0 Å². The normalized spacial score (nSPS) is 11.5. The van der Waals surface area contributed by atoms with Crippen LogP contribution >= 0.6 is 0 Å². The first-order chi connectivity index (χ1) is 16.1. The molecule has 0 saturated carbocycles. The van der Waals surface area contributed by atoms with Gasteiger partial charge in [0, 0.05) is 74.9 Å². The molecule has 0 saturated heterocycles. The van der Waals surface area contributed by atoms with Gasteiger partial charge in [-0.25, -0.2) is 15.0 Å². The molecular formula is C24H27N7O2. The molecule has 5 aromatic rings. The number of methoxy groups -OCH3 is 2. The van der Waals surface area contributed by atoms with Crippen LogP contribution in [0.5, 0.6) is 11.6 Å². The van der Waals surface area contributed by atoms with E-state index >= 15 is 0 Å². The maximum Gasteiger partial charge on any atom is 0.257 e. The summed E-state index contributed by atoms with van der Waals surface area (Å²) in [4.78, 5) is 16.9. The van der Waals surface area contributed by atoms with Crippen LogP contribution in [0.3, 0.4) is 0 Å². The van der Waals surface area contributed by atoms with Gasteiger partial charge < -0.3 is 28.9 Å². The summed E-state index contributed by atoms with van der Waals surface area (Å²) in [5.41, 5.74) is 7.02. The monoisotopic (exact) mass is 445 g/mol. The van der Waals surface area contributed by atoms with Crippen LogP contribution in [0.2, 0.25) is 0 Å². The fourth-order valence-corrected chi connectivity index (χ4v) is 4.20. The lowest BCUT2D eigenvalue weighted by Crippen LogP contribution is -2.17. The third kappa shape index (κ3) is 3.80. The lowest BCUT2D eigenvalue weighted by atomic mass is 10.1. The summed E-state index contributed by atoms with van der Waals surface area (Å²) < 4.78 is 14.9. The van der Waals surface area contributed by atoms with Gasteiger partial charge in [0.15, 0.2) is 5.75 Å². The zero-order valence-corrected chi connectivity index (χ0v) is 19.2. The summed E-state index contributed by atoms with van der Waals surface area (Å²) in [6.07, 6.45) is 8.57. The SMILES string of the molecule is COc1cc2c(nc1OC)c(-c1cc3c(CNCCc4cncn4C)ccnc3[nH]1)cn2C. The Hall–Kier alpha value is -3.85. The van der Waals surface area contributed by atoms with Crippen molar-refractivity contribution in [1.29, 1.82) is 0 Å². The molecule has 0 spiro atoms. The molecule has 0 aliphatic heterocycles. The number of nitrogens with zero attached hydrogens (tertiary/aromatic N) is 5. The fraction of sp³-hybridized carbons (Fsp3) is 0.292. The molecule has 33 heavy (non-hydrogen) atoms. The standard InChI is InChI=1S/C24H27N7O2/c1-30-13-18(22-20(30)10-21(32-3)24(29-22)33-4)19-9-17-15(5-8-27-23(17)28-19)11-25-7-6-16-12-26-14-31(16)2/h5,8-10,12-14,25H,6-7,11H2,1-4H3,(H,27,28). The Morgan fingerprint density at radius 2 is 2.00 bits per heavy atom. The third-order valence-electron chi connectivity index (χ3n) is 6.01. The van der Waals surface area contributed by atoms with Crippen LogP contribution in [0.25, 0.3) is 33.3 Å². The van der Waals surface area contributed by atoms with Crippen LogP contribution in [-0.2, 0) is 27.1 Å². The molecule has 0 unspecified atom stereocenters. The highest BCUT2D eigenvalue weighted by atomic mass is 16.5. The number of hydrogen-bond donors (Lipinski definition) is 2. The van der Waals surface area contributed by atoms with Gasteiger partial charge in [-0.1, -0.05) is 0 Å². The summed E-state index contributed by atoms with van der Waals surface area (Å²) in [6, 6.07) is 6.16. The predicted octanol–water partition coefficient (Wildman–Crippen LogP) is 3.20. The van der Waals surface area contributed by atoms with Crippen molar-refractivity contribution in [2.24, 2.45) is 14.1 Å². The molecule has 170 valence electrons. The number of hydrogen-bond acceptors (Lipinski definition) is 6. The van der Waals surface area contributed by atoms with E-state index in [0.29, 0.717) is 11.6 Å². The minimum Gasteiger partial charge on any atom is -0.491 e. The second-order valence-electron chi connectivity index (χ2n) is 8.06. The topological polar surface area (TPSA) is 94.8 Å². The van der Waals surface area contributed by atoms with Crippen molar-refractivity contribution < 1.29 is 9.47 Å². The first-order valence-corrected chi connectivity index (χ1v) is 10.8. The average Bonchev–Trinajstić information content (AvgIpc) is 3.53. The van der Waals surface area contributed by atoms with Gasteiger partial charge in [0.1, 0.15) is 11.2 Å². The van der Waals surface area contributed by atoms with E-state index in [1.165, 1.54) is 11.3 Å². The molecule has 9 heteroatoms. The van der Waals surface area contributed by atoms with Gasteiger partial charge in [0.25, 0.3) is 5.88 Å². The number of ether oxygens (including phenoxy) is 2. The predicted molar refractivity (Wildman–Crippen MR) is 128 cm³/mol. The summed E-state index contributed by atoms with van der Waals surface area (Å²) in [5.74, 6) is 1.07. The van der Waals surface area contributed by atoms with Gasteiger partial charge in [-0.15, -0.1) is 0 Å². The van der Waals surface area contributed by atoms with E-state index in [-0.39, 0.29) is 0 Å². The number of imidazole rings is 1. The molecule has 0 fully saturated rings. The van der Waals surface area contributed by atoms with Gasteiger partial charge in [0.2, 0.25) is 0 Å². The number of aromatic nitrogens is 6. The maximum absolute atomic E-state index is 5.43. The van der Waals surface area contributed by atoms with E-state index < -0.39 is 0 Å². The minimum absolute atomic E-state index is 0.463. The van der Waals surface area contributed by atoms with Gasteiger partial charge in [-0.2, -0.15) is 0 Å². The van der Waals surface area contributed by atoms with Crippen LogP contribution in [-0.4, -0.2) is 49.8 Å². The minimum atomic E-state index is 0.463. The first-order valence-electron chi connectivity index (χ1n) is 10.8. The molecule has 0 aromatic carbocycles. The van der Waals surface area contributed by atoms with E-state index in [2.05, 4.69) is 38.6 Å². The largest absolute Gasteiger partial charge is 0.491 e. The van der Waals surface area contributed by atoms with E-state index in [0.717, 1.165) is 52.8 Å². The molecule has 5 rings (SSSR count). The van der Waals surface area contributed by atoms with Gasteiger partial charge in [0.05, 0.1) is 31.8 Å². The first kappa shape index (κ1) is 21.0.